The second-order valence-corrected chi connectivity index (χ2v) is 16.3. The van der Waals surface area contributed by atoms with E-state index >= 15 is 0 Å². The van der Waals surface area contributed by atoms with Gasteiger partial charge in [-0.3, -0.25) is 4.98 Å². The first-order valence-corrected chi connectivity index (χ1v) is 19.8. The molecule has 0 bridgehead atoms. The second kappa shape index (κ2) is 17.5. The summed E-state index contributed by atoms with van der Waals surface area (Å²) in [5, 5.41) is 0. The summed E-state index contributed by atoms with van der Waals surface area (Å²) >= 11 is 0. The third kappa shape index (κ3) is 8.42. The van der Waals surface area contributed by atoms with Gasteiger partial charge in [-0.25, -0.2) is 4.98 Å². The van der Waals surface area contributed by atoms with E-state index in [2.05, 4.69) is 197 Å². The molecule has 1 aliphatic heterocycles. The monoisotopic (exact) mass is 926 g/mol. The predicted octanol–water partition coefficient (Wildman–Crippen LogP) is 12.1. The number of pyridine rings is 1. The van der Waals surface area contributed by atoms with Crippen LogP contribution in [0.15, 0.2) is 140 Å². The number of hydrogen-bond donors (Lipinski definition) is 0. The molecular weight excluding hydrogens is 874 g/mol. The number of rotatable bonds is 7. The van der Waals surface area contributed by atoms with E-state index in [0.29, 0.717) is 11.8 Å². The van der Waals surface area contributed by atoms with Crippen molar-refractivity contribution >= 4 is 35.3 Å². The van der Waals surface area contributed by atoms with E-state index < -0.39 is 0 Å². The number of fused-ring (bicyclic) bond motifs is 1. The molecule has 0 saturated carbocycles. The quantitative estimate of drug-likeness (QED) is 0.118. The molecule has 0 aliphatic carbocycles. The summed E-state index contributed by atoms with van der Waals surface area (Å²) in [4.78, 5) is 14.3. The molecule has 3 heterocycles. The third-order valence-electron chi connectivity index (χ3n) is 10.6. The molecule has 0 atom stereocenters. The Bertz CT molecular complexity index is 2370. The fourth-order valence-electron chi connectivity index (χ4n) is 7.79. The van der Waals surface area contributed by atoms with Gasteiger partial charge in [0.15, 0.2) is 0 Å². The Balaban J connectivity index is 0.000000202. The minimum Gasteiger partial charge on any atom is -0.415 e. The van der Waals surface area contributed by atoms with Crippen LogP contribution in [0.25, 0.3) is 17.1 Å². The van der Waals surface area contributed by atoms with Crippen LogP contribution in [0.4, 0.5) is 22.9 Å². The van der Waals surface area contributed by atoms with Crippen LogP contribution in [0.3, 0.4) is 0 Å². The number of nitrogens with zero attached hydrogens (tertiary/aromatic N) is 5. The molecule has 8 rings (SSSR count). The molecule has 0 saturated heterocycles. The van der Waals surface area contributed by atoms with Crippen molar-refractivity contribution in [3.05, 3.63) is 180 Å². The van der Waals surface area contributed by atoms with Gasteiger partial charge in [-0.15, -0.1) is 42.0 Å². The van der Waals surface area contributed by atoms with Crippen molar-refractivity contribution in [2.45, 2.75) is 79.6 Å². The van der Waals surface area contributed by atoms with Crippen molar-refractivity contribution in [2.75, 3.05) is 9.62 Å². The summed E-state index contributed by atoms with van der Waals surface area (Å²) in [5.74, 6) is 2.80. The molecule has 0 fully saturated rings. The summed E-state index contributed by atoms with van der Waals surface area (Å²) in [6.45, 7) is 20.0. The normalized spacial score (nSPS) is 12.4. The van der Waals surface area contributed by atoms with E-state index in [-0.39, 0.29) is 32.5 Å². The van der Waals surface area contributed by atoms with Gasteiger partial charge < -0.3 is 14.2 Å². The standard InChI is InChI=1S/C29H29BN3.C21H23N2.Ir/c1-21-12-11-13-22(2)28(21)33-26-17-10-9-16-25(26)32(30(33)24-14-7-6-8-15-24)27-20-23(18-19-31-27)29(3,4)5;1-15(2)18-11-8-12-19(16(3)4)20(18)23-14-13-22-21(23)17-9-6-5-7-10-17;/h6-15,17-20H,1-5H3;5-9,11-16H,1-4H3;/q2*-1;. The zero-order chi connectivity index (χ0) is 39.6. The van der Waals surface area contributed by atoms with Gasteiger partial charge in [0, 0.05) is 50.1 Å². The van der Waals surface area contributed by atoms with Crippen molar-refractivity contribution in [1.29, 1.82) is 0 Å². The number of benzene rings is 5. The van der Waals surface area contributed by atoms with Crippen molar-refractivity contribution in [3.63, 3.8) is 0 Å². The number of aryl methyl sites for hydroxylation is 2. The van der Waals surface area contributed by atoms with E-state index in [1.807, 2.05) is 36.7 Å². The molecule has 7 heteroatoms. The Hall–Kier alpha value is -5.23. The van der Waals surface area contributed by atoms with Crippen molar-refractivity contribution < 1.29 is 20.1 Å². The average Bonchev–Trinajstić information content (AvgIpc) is 3.82. The second-order valence-electron chi connectivity index (χ2n) is 16.3. The fourth-order valence-corrected chi connectivity index (χ4v) is 7.79. The maximum absolute atomic E-state index is 4.86. The van der Waals surface area contributed by atoms with Crippen LogP contribution in [-0.2, 0) is 25.5 Å². The summed E-state index contributed by atoms with van der Waals surface area (Å²) < 4.78 is 2.22. The Morgan fingerprint density at radius 1 is 0.632 bits per heavy atom. The molecule has 7 aromatic rings. The van der Waals surface area contributed by atoms with Gasteiger partial charge in [0.1, 0.15) is 5.82 Å². The summed E-state index contributed by atoms with van der Waals surface area (Å²) in [5.41, 5.74) is 13.4. The van der Waals surface area contributed by atoms with E-state index in [1.165, 1.54) is 44.7 Å². The minimum absolute atomic E-state index is 0. The third-order valence-corrected chi connectivity index (χ3v) is 10.6. The smallest absolute Gasteiger partial charge is 0.408 e. The Morgan fingerprint density at radius 3 is 1.91 bits per heavy atom. The SMILES string of the molecule is CC(C)c1cccc(C(C)C)c1-n1ccnc1-c1[c-]cccc1.Cc1cccc(C)c1N1B(c2ccccc2)N(c2cc(C(C)(C)C)ccn2)c2[c-]cccc21.[Ir]. The van der Waals surface area contributed by atoms with Crippen LogP contribution in [0.2, 0.25) is 0 Å². The number of hydrogen-bond acceptors (Lipinski definition) is 4. The Morgan fingerprint density at radius 2 is 1.28 bits per heavy atom. The molecule has 291 valence electrons. The van der Waals surface area contributed by atoms with Gasteiger partial charge in [0.2, 0.25) is 0 Å². The molecule has 1 aliphatic rings. The van der Waals surface area contributed by atoms with Crippen LogP contribution in [0.1, 0.15) is 88.1 Å². The molecule has 5 aromatic carbocycles. The van der Waals surface area contributed by atoms with Crippen molar-refractivity contribution in [2.24, 2.45) is 0 Å². The van der Waals surface area contributed by atoms with E-state index in [9.17, 15) is 0 Å². The summed E-state index contributed by atoms with van der Waals surface area (Å²) in [7, 11) is 0. The topological polar surface area (TPSA) is 37.2 Å². The average molecular weight is 926 g/mol. The number of aromatic nitrogens is 3. The molecule has 0 unspecified atom stereocenters. The van der Waals surface area contributed by atoms with Crippen LogP contribution >= 0.6 is 0 Å². The fraction of sp³-hybridized carbons (Fsp3) is 0.240. The molecule has 5 nitrogen and oxygen atoms in total. The molecule has 0 spiro atoms. The largest absolute Gasteiger partial charge is 0.415 e. The number of para-hydroxylation sites is 3. The van der Waals surface area contributed by atoms with Crippen LogP contribution in [0.5, 0.6) is 0 Å². The van der Waals surface area contributed by atoms with Crippen molar-refractivity contribution in [1.82, 2.24) is 14.5 Å². The zero-order valence-corrected chi connectivity index (χ0v) is 37.0. The minimum atomic E-state index is -0.0673. The summed E-state index contributed by atoms with van der Waals surface area (Å²) in [6, 6.07) is 49.3. The predicted molar refractivity (Wildman–Crippen MR) is 236 cm³/mol. The molecular formula is C50H52BIrN5-2. The first-order chi connectivity index (χ1) is 27.0. The van der Waals surface area contributed by atoms with Gasteiger partial charge in [0.05, 0.1) is 5.82 Å². The maximum atomic E-state index is 4.86. The number of anilines is 4. The van der Waals surface area contributed by atoms with Gasteiger partial charge >= 0.3 is 6.98 Å². The van der Waals surface area contributed by atoms with Crippen LogP contribution < -0.4 is 15.1 Å². The van der Waals surface area contributed by atoms with E-state index in [4.69, 9.17) is 4.98 Å². The molecule has 0 amide bonds. The molecule has 1 radical (unpaired) electrons. The van der Waals surface area contributed by atoms with Crippen molar-refractivity contribution in [3.8, 4) is 17.1 Å². The molecule has 57 heavy (non-hydrogen) atoms. The van der Waals surface area contributed by atoms with Crippen LogP contribution in [-0.4, -0.2) is 21.5 Å². The number of imidazole rings is 1. The maximum Gasteiger partial charge on any atom is 0.408 e. The first-order valence-electron chi connectivity index (χ1n) is 19.8. The molecule has 0 N–H and O–H groups in total. The Labute approximate surface area is 354 Å². The van der Waals surface area contributed by atoms with Crippen LogP contribution in [0, 0.1) is 26.0 Å². The first kappa shape index (κ1) is 41.4. The van der Waals surface area contributed by atoms with Gasteiger partial charge in [-0.05, 0) is 76.5 Å². The molecule has 2 aromatic heterocycles. The van der Waals surface area contributed by atoms with E-state index in [0.717, 1.165) is 28.6 Å². The van der Waals surface area contributed by atoms with Gasteiger partial charge in [-0.2, -0.15) is 18.2 Å². The zero-order valence-electron chi connectivity index (χ0n) is 34.6. The van der Waals surface area contributed by atoms with E-state index in [1.54, 1.807) is 0 Å². The van der Waals surface area contributed by atoms with Gasteiger partial charge in [-0.1, -0.05) is 127 Å². The Kier molecular flexibility index (Phi) is 12.7. The summed E-state index contributed by atoms with van der Waals surface area (Å²) in [6.07, 6.45) is 5.86. The van der Waals surface area contributed by atoms with Gasteiger partial charge in [0.25, 0.3) is 0 Å².